The zero-order chi connectivity index (χ0) is 48.7. The van der Waals surface area contributed by atoms with Crippen LogP contribution in [0.25, 0.3) is 11.2 Å². The molecule has 0 aromatic carbocycles. The number of fused-ring (bicyclic) bond motifs is 1. The summed E-state index contributed by atoms with van der Waals surface area (Å²) in [5.74, 6) is -6.84. The Morgan fingerprint density at radius 3 is 2.06 bits per heavy atom. The number of ketones is 2. The maximum absolute atomic E-state index is 12.9. The molecule has 1 aliphatic heterocycles. The molecule has 0 radical (unpaired) electrons. The van der Waals surface area contributed by atoms with Crippen LogP contribution in [-0.2, 0) is 60.3 Å². The molecule has 3 unspecified atom stereocenters. The number of nitrogens with one attached hydrogen (secondary N) is 2. The second-order valence-electron chi connectivity index (χ2n) is 14.2. The lowest BCUT2D eigenvalue weighted by Gasteiger charge is -2.30. The van der Waals surface area contributed by atoms with Crippen molar-refractivity contribution in [3.8, 4) is 0 Å². The fourth-order valence-electron chi connectivity index (χ4n) is 5.55. The van der Waals surface area contributed by atoms with Gasteiger partial charge in [-0.15, -0.1) is 0 Å². The van der Waals surface area contributed by atoms with E-state index in [1.165, 1.54) is 13.8 Å². The number of hydrogen-bond donors (Lipinski definition) is 9. The van der Waals surface area contributed by atoms with E-state index >= 15 is 0 Å². The number of amides is 4. The molecule has 29 nitrogen and oxygen atoms in total. The SMILES string of the molecule is CC(=O)c1nc(N(C(C)=O)C(C)=O)c2nc(C(C)=O)n([C@@H]3O[C@H](COP(=O)(O)OP(=O)(O)OCC(C)(C)C(O)C(=O)NCCC(=O)NCCSC(=O)CO)[C@@H](OP(=O)(O)O)[C@H]3O)c2n1. The van der Waals surface area contributed by atoms with Crippen LogP contribution in [-0.4, -0.2) is 158 Å². The van der Waals surface area contributed by atoms with Gasteiger partial charge in [0.15, 0.2) is 46.4 Å². The van der Waals surface area contributed by atoms with E-state index in [0.29, 0.717) is 9.47 Å². The number of ether oxygens (including phenoxy) is 1. The van der Waals surface area contributed by atoms with Crippen molar-refractivity contribution in [2.75, 3.05) is 43.6 Å². The van der Waals surface area contributed by atoms with Gasteiger partial charge in [0.05, 0.1) is 13.2 Å². The number of carbonyl (C=O) groups is 7. The molecule has 3 heterocycles. The van der Waals surface area contributed by atoms with Crippen molar-refractivity contribution in [2.24, 2.45) is 5.41 Å². The molecular formula is C31H46N7O22P3S. The lowest BCUT2D eigenvalue weighted by Crippen LogP contribution is -2.46. The first-order valence-electron chi connectivity index (χ1n) is 18.3. The van der Waals surface area contributed by atoms with Crippen molar-refractivity contribution in [2.45, 2.75) is 78.6 Å². The minimum absolute atomic E-state index is 0.0812. The molecule has 2 aromatic rings. The van der Waals surface area contributed by atoms with E-state index in [1.807, 2.05) is 0 Å². The maximum atomic E-state index is 12.9. The summed E-state index contributed by atoms with van der Waals surface area (Å²) in [5, 5.41) is 34.9. The first-order valence-corrected chi connectivity index (χ1v) is 23.8. The predicted octanol–water partition coefficient (Wildman–Crippen LogP) is -1.62. The second-order valence-corrected chi connectivity index (χ2v) is 19.6. The van der Waals surface area contributed by atoms with Crippen LogP contribution in [0.1, 0.15) is 75.4 Å². The van der Waals surface area contributed by atoms with Gasteiger partial charge in [-0.05, 0) is 0 Å². The van der Waals surface area contributed by atoms with Crippen molar-refractivity contribution >= 4 is 92.5 Å². The Hall–Kier alpha value is -3.80. The number of hydrogen-bond acceptors (Lipinski definition) is 22. The Morgan fingerprint density at radius 2 is 1.52 bits per heavy atom. The number of aliphatic hydroxyl groups excluding tert-OH is 3. The number of nitrogens with zero attached hydrogens (tertiary/aromatic N) is 5. The number of aliphatic hydroxyl groups is 3. The van der Waals surface area contributed by atoms with Crippen molar-refractivity contribution in [1.29, 1.82) is 0 Å². The summed E-state index contributed by atoms with van der Waals surface area (Å²) in [6.45, 7) is 3.06. The van der Waals surface area contributed by atoms with Crippen LogP contribution >= 0.6 is 35.2 Å². The van der Waals surface area contributed by atoms with Gasteiger partial charge in [0, 0.05) is 58.4 Å². The average Bonchev–Trinajstić information content (AvgIpc) is 3.70. The number of phosphoric acid groups is 3. The van der Waals surface area contributed by atoms with Crippen molar-refractivity contribution in [3.63, 3.8) is 0 Å². The van der Waals surface area contributed by atoms with Crippen LogP contribution in [0, 0.1) is 5.41 Å². The van der Waals surface area contributed by atoms with Gasteiger partial charge in [0.25, 0.3) is 0 Å². The standard InChI is InChI=1S/C31H46N7O22P3S/c1-14(40)25-35-27(37(16(3)42)17(4)43)21-28(36-25)38(26(34-21)15(2)41)30-22(46)23(59-61(49,50)51)18(58-30)12-56-62(52,53)60-63(54,55)57-13-31(5,6)24(47)29(48)33-8-7-19(44)32-9-10-64-20(45)11-39/h18,22-24,30,39,46-47H,7-13H2,1-6H3,(H,32,44)(H,33,48)(H,52,53)(H,54,55)(H2,49,50,51)/t18-,22-,23-,24?,30-/m1/s1. The van der Waals surface area contributed by atoms with E-state index in [-0.39, 0.29) is 25.3 Å². The van der Waals surface area contributed by atoms with Gasteiger partial charge in [0.1, 0.15) is 31.0 Å². The van der Waals surface area contributed by atoms with E-state index in [4.69, 9.17) is 18.9 Å². The zero-order valence-electron chi connectivity index (χ0n) is 34.6. The number of anilines is 1. The fraction of sp³-hybridized carbons (Fsp3) is 0.613. The number of Topliss-reactive ketones (excluding diaryl/α,β-unsaturated/α-hetero) is 2. The quantitative estimate of drug-likeness (QED) is 0.0343. The minimum atomic E-state index is -5.79. The molecule has 0 bridgehead atoms. The van der Waals surface area contributed by atoms with Crippen LogP contribution < -0.4 is 15.5 Å². The molecule has 7 atom stereocenters. The van der Waals surface area contributed by atoms with E-state index in [0.717, 1.165) is 39.5 Å². The van der Waals surface area contributed by atoms with Gasteiger partial charge in [-0.2, -0.15) is 4.31 Å². The number of phosphoric ester groups is 3. The smallest absolute Gasteiger partial charge is 0.388 e. The summed E-state index contributed by atoms with van der Waals surface area (Å²) in [4.78, 5) is 138. The van der Waals surface area contributed by atoms with Gasteiger partial charge < -0.3 is 50.3 Å². The van der Waals surface area contributed by atoms with Gasteiger partial charge in [-0.1, -0.05) is 25.6 Å². The van der Waals surface area contributed by atoms with Crippen LogP contribution in [0.15, 0.2) is 0 Å². The highest BCUT2D eigenvalue weighted by Gasteiger charge is 2.51. The Balaban J connectivity index is 1.78. The number of imide groups is 1. The van der Waals surface area contributed by atoms with Gasteiger partial charge in [-0.3, -0.25) is 51.7 Å². The maximum Gasteiger partial charge on any atom is 0.481 e. The van der Waals surface area contributed by atoms with Crippen molar-refractivity contribution in [1.82, 2.24) is 30.2 Å². The first kappa shape index (κ1) is 54.5. The molecule has 9 N–H and O–H groups in total. The normalized spacial score (nSPS) is 20.2. The van der Waals surface area contributed by atoms with E-state index < -0.39 is 148 Å². The number of imidazole rings is 1. The van der Waals surface area contributed by atoms with Crippen molar-refractivity contribution in [3.05, 3.63) is 11.6 Å². The minimum Gasteiger partial charge on any atom is -0.388 e. The number of rotatable bonds is 23. The highest BCUT2D eigenvalue weighted by Crippen LogP contribution is 2.61. The lowest BCUT2D eigenvalue weighted by molar-refractivity contribution is -0.137. The molecule has 1 saturated heterocycles. The van der Waals surface area contributed by atoms with Crippen molar-refractivity contribution < 1.29 is 105 Å². The fourth-order valence-corrected chi connectivity index (χ4v) is 8.90. The van der Waals surface area contributed by atoms with Gasteiger partial charge in [0.2, 0.25) is 28.7 Å². The first-order chi connectivity index (χ1) is 29.4. The second kappa shape index (κ2) is 22.1. The Kier molecular flexibility index (Phi) is 18.9. The summed E-state index contributed by atoms with van der Waals surface area (Å²) in [6.07, 6.45) is -10.8. The average molecular weight is 994 g/mol. The van der Waals surface area contributed by atoms with Crippen LogP contribution in [0.3, 0.4) is 0 Å². The highest BCUT2D eigenvalue weighted by atomic mass is 32.2. The summed E-state index contributed by atoms with van der Waals surface area (Å²) < 4.78 is 62.5. The number of carbonyl (C=O) groups excluding carboxylic acids is 7. The monoisotopic (exact) mass is 993 g/mol. The molecule has 1 fully saturated rings. The number of aromatic nitrogens is 4. The topological polar surface area (TPSA) is 429 Å². The third kappa shape index (κ3) is 14.9. The molecule has 4 amide bonds. The Bertz CT molecular complexity index is 2280. The molecule has 64 heavy (non-hydrogen) atoms. The molecule has 0 saturated carbocycles. The summed E-state index contributed by atoms with van der Waals surface area (Å²) in [7, 11) is -17.0. The predicted molar refractivity (Wildman–Crippen MR) is 214 cm³/mol. The summed E-state index contributed by atoms with van der Waals surface area (Å²) >= 11 is 0.796. The number of thioether (sulfide) groups is 1. The largest absolute Gasteiger partial charge is 0.481 e. The molecule has 358 valence electrons. The van der Waals surface area contributed by atoms with Crippen LogP contribution in [0.2, 0.25) is 0 Å². The highest BCUT2D eigenvalue weighted by molar-refractivity contribution is 8.13. The summed E-state index contributed by atoms with van der Waals surface area (Å²) in [6, 6.07) is 0. The molecule has 1 aliphatic rings. The Labute approximate surface area is 366 Å². The van der Waals surface area contributed by atoms with Gasteiger partial charge in [-0.25, -0.2) is 33.5 Å². The summed E-state index contributed by atoms with van der Waals surface area (Å²) in [5.41, 5.74) is -2.74. The van der Waals surface area contributed by atoms with Crippen LogP contribution in [0.4, 0.5) is 5.82 Å². The van der Waals surface area contributed by atoms with E-state index in [2.05, 4.69) is 34.4 Å². The molecule has 2 aromatic heterocycles. The third-order valence-electron chi connectivity index (χ3n) is 8.48. The molecule has 3 rings (SSSR count). The molecular weight excluding hydrogens is 947 g/mol. The zero-order valence-corrected chi connectivity index (χ0v) is 38.1. The molecule has 0 aliphatic carbocycles. The van der Waals surface area contributed by atoms with E-state index in [9.17, 15) is 77.0 Å². The lowest BCUT2D eigenvalue weighted by atomic mass is 9.87. The molecule has 33 heteroatoms. The van der Waals surface area contributed by atoms with E-state index in [1.54, 1.807) is 0 Å². The molecule has 0 spiro atoms. The third-order valence-corrected chi connectivity index (χ3v) is 12.4. The van der Waals surface area contributed by atoms with Crippen LogP contribution in [0.5, 0.6) is 0 Å². The Morgan fingerprint density at radius 1 is 0.906 bits per heavy atom. The van der Waals surface area contributed by atoms with Gasteiger partial charge >= 0.3 is 23.5 Å².